The average Bonchev–Trinajstić information content (AvgIpc) is 3.43. The Morgan fingerprint density at radius 1 is 0.688 bits per heavy atom. The van der Waals surface area contributed by atoms with Gasteiger partial charge in [0.15, 0.2) is 0 Å². The molecule has 0 aliphatic carbocycles. The van der Waals surface area contributed by atoms with Crippen LogP contribution in [0.25, 0.3) is 31.6 Å². The number of fused-ring (bicyclic) bond motifs is 3. The summed E-state index contributed by atoms with van der Waals surface area (Å²) in [6.45, 7) is 3.88. The molecule has 2 fully saturated rings. The minimum atomic E-state index is -1.73. The lowest BCUT2D eigenvalue weighted by molar-refractivity contribution is -0.0381. The third kappa shape index (κ3) is 2.46. The number of benzene rings is 2. The molecule has 0 radical (unpaired) electrons. The molecular formula is C25H23NO4S2. The number of allylic oxidation sites excluding steroid dienone is 4. The van der Waals surface area contributed by atoms with Crippen LogP contribution in [0.3, 0.4) is 0 Å². The summed E-state index contributed by atoms with van der Waals surface area (Å²) < 4.78 is 26.5. The molecule has 5 nitrogen and oxygen atoms in total. The normalized spacial score (nSPS) is 36.7. The Hall–Kier alpha value is -2.26. The van der Waals surface area contributed by atoms with Gasteiger partial charge in [0.25, 0.3) is 0 Å². The van der Waals surface area contributed by atoms with Crippen LogP contribution < -0.4 is 0 Å². The Morgan fingerprint density at radius 3 is 1.53 bits per heavy atom. The Morgan fingerprint density at radius 2 is 1.12 bits per heavy atom. The highest BCUT2D eigenvalue weighted by molar-refractivity contribution is 8.37. The van der Waals surface area contributed by atoms with E-state index < -0.39 is 21.2 Å². The first kappa shape index (κ1) is 19.2. The van der Waals surface area contributed by atoms with E-state index in [2.05, 4.69) is 71.0 Å². The van der Waals surface area contributed by atoms with Crippen molar-refractivity contribution in [3.8, 4) is 0 Å². The predicted molar refractivity (Wildman–Crippen MR) is 133 cm³/mol. The molecule has 2 spiro atoms. The maximum atomic E-state index is 6.06. The molecule has 5 heterocycles. The molecule has 164 valence electrons. The largest absolute Gasteiger partial charge is 0.344 e. The van der Waals surface area contributed by atoms with Crippen LogP contribution in [0.1, 0.15) is 25.0 Å². The first-order valence-electron chi connectivity index (χ1n) is 10.7. The average molecular weight is 466 g/mol. The van der Waals surface area contributed by atoms with E-state index in [4.69, 9.17) is 16.7 Å². The van der Waals surface area contributed by atoms with Gasteiger partial charge < -0.3 is 4.57 Å². The van der Waals surface area contributed by atoms with E-state index in [1.807, 2.05) is 26.0 Å². The van der Waals surface area contributed by atoms with Gasteiger partial charge in [-0.15, -0.1) is 21.2 Å². The summed E-state index contributed by atoms with van der Waals surface area (Å²) in [7, 11) is -1.34. The SMILES string of the molecule is CC1OS2(C=CC=C2c2ccc3c(c2)c2cc(C4=CC=CS45OC(C)O5)ccc2n3C)O1. The summed E-state index contributed by atoms with van der Waals surface area (Å²) in [4.78, 5) is 2.25. The van der Waals surface area contributed by atoms with Gasteiger partial charge in [-0.1, -0.05) is 12.1 Å². The number of aromatic nitrogens is 1. The number of hydrogen-bond acceptors (Lipinski definition) is 4. The second kappa shape index (κ2) is 6.41. The highest BCUT2D eigenvalue weighted by atomic mass is 32.3. The van der Waals surface area contributed by atoms with Crippen LogP contribution in [0, 0.1) is 0 Å². The standard InChI is InChI=1S/C25H23NO4S2/c1-16-27-31(28-16)12-4-6-24(31)18-8-10-22-20(14-18)21-15-19(9-11-23(21)26(22)3)25-7-5-13-32(25)29-17(2)30-32/h4-17H,1-3H3. The Bertz CT molecular complexity index is 1330. The Balaban J connectivity index is 1.36. The zero-order valence-corrected chi connectivity index (χ0v) is 19.6. The third-order valence-corrected chi connectivity index (χ3v) is 11.5. The van der Waals surface area contributed by atoms with Crippen LogP contribution in [0.5, 0.6) is 0 Å². The van der Waals surface area contributed by atoms with Crippen molar-refractivity contribution in [2.75, 3.05) is 0 Å². The zero-order valence-electron chi connectivity index (χ0n) is 18.0. The molecule has 0 N–H and O–H groups in total. The minimum Gasteiger partial charge on any atom is -0.344 e. The fourth-order valence-corrected chi connectivity index (χ4v) is 9.62. The quantitative estimate of drug-likeness (QED) is 0.404. The van der Waals surface area contributed by atoms with Gasteiger partial charge in [-0.2, -0.15) is 0 Å². The second-order valence-electron chi connectivity index (χ2n) is 8.35. The fourth-order valence-electron chi connectivity index (χ4n) is 5.00. The molecule has 1 aromatic heterocycles. The molecular weight excluding hydrogens is 442 g/mol. The first-order chi connectivity index (χ1) is 15.5. The highest BCUT2D eigenvalue weighted by Crippen LogP contribution is 2.73. The fraction of sp³-hybridized carbons (Fsp3) is 0.200. The maximum absolute atomic E-state index is 6.06. The number of hydrogen-bond donors (Lipinski definition) is 0. The smallest absolute Gasteiger partial charge is 0.202 e. The van der Waals surface area contributed by atoms with Crippen molar-refractivity contribution in [2.45, 2.75) is 26.4 Å². The summed E-state index contributed by atoms with van der Waals surface area (Å²) in [5, 5.41) is 6.57. The van der Waals surface area contributed by atoms with Crippen molar-refractivity contribution in [3.63, 3.8) is 0 Å². The van der Waals surface area contributed by atoms with Crippen LogP contribution >= 0.6 is 21.2 Å². The summed E-state index contributed by atoms with van der Waals surface area (Å²) in [6, 6.07) is 13.3. The van der Waals surface area contributed by atoms with Crippen LogP contribution in [-0.4, -0.2) is 17.1 Å². The van der Waals surface area contributed by atoms with Gasteiger partial charge in [0, 0.05) is 39.7 Å². The second-order valence-corrected chi connectivity index (χ2v) is 12.7. The molecule has 7 rings (SSSR count). The van der Waals surface area contributed by atoms with E-state index in [0.717, 1.165) is 20.9 Å². The predicted octanol–water partition coefficient (Wildman–Crippen LogP) is 7.12. The molecule has 0 unspecified atom stereocenters. The van der Waals surface area contributed by atoms with E-state index in [0.29, 0.717) is 0 Å². The van der Waals surface area contributed by atoms with Crippen molar-refractivity contribution < 1.29 is 16.7 Å². The summed E-state index contributed by atoms with van der Waals surface area (Å²) in [6.07, 6.45) is 8.02. The zero-order chi connectivity index (χ0) is 21.7. The Labute approximate surface area is 190 Å². The van der Waals surface area contributed by atoms with E-state index >= 15 is 0 Å². The highest BCUT2D eigenvalue weighted by Gasteiger charge is 2.42. The van der Waals surface area contributed by atoms with Crippen molar-refractivity contribution >= 4 is 52.8 Å². The molecule has 0 amide bonds. The summed E-state index contributed by atoms with van der Waals surface area (Å²) in [5.41, 5.74) is 4.69. The lowest BCUT2D eigenvalue weighted by Gasteiger charge is -2.51. The first-order valence-corrected chi connectivity index (χ1v) is 13.8. The van der Waals surface area contributed by atoms with Crippen LogP contribution in [0.15, 0.2) is 71.5 Å². The molecule has 32 heavy (non-hydrogen) atoms. The van der Waals surface area contributed by atoms with Crippen molar-refractivity contribution in [1.29, 1.82) is 0 Å². The van der Waals surface area contributed by atoms with Gasteiger partial charge in [-0.05, 0) is 73.5 Å². The van der Waals surface area contributed by atoms with Gasteiger partial charge in [0.1, 0.15) is 0 Å². The molecule has 0 saturated carbocycles. The van der Waals surface area contributed by atoms with E-state index in [-0.39, 0.29) is 12.6 Å². The van der Waals surface area contributed by atoms with Crippen LogP contribution in [-0.2, 0) is 23.8 Å². The minimum absolute atomic E-state index is 0.151. The van der Waals surface area contributed by atoms with Gasteiger partial charge in [0.05, 0.1) is 9.81 Å². The molecule has 2 aromatic carbocycles. The van der Waals surface area contributed by atoms with Gasteiger partial charge in [0.2, 0.25) is 12.6 Å². The van der Waals surface area contributed by atoms with E-state index in [9.17, 15) is 0 Å². The Kier molecular flexibility index (Phi) is 3.85. The maximum Gasteiger partial charge on any atom is 0.202 e. The van der Waals surface area contributed by atoms with Crippen LogP contribution in [0.4, 0.5) is 0 Å². The summed E-state index contributed by atoms with van der Waals surface area (Å²) >= 11 is 0. The lowest BCUT2D eigenvalue weighted by Crippen LogP contribution is -2.29. The lowest BCUT2D eigenvalue weighted by atomic mass is 10.1. The van der Waals surface area contributed by atoms with Gasteiger partial charge in [-0.25, -0.2) is 16.7 Å². The van der Waals surface area contributed by atoms with Crippen LogP contribution in [0.2, 0.25) is 0 Å². The third-order valence-electron chi connectivity index (χ3n) is 6.31. The van der Waals surface area contributed by atoms with E-state index in [1.165, 1.54) is 21.8 Å². The van der Waals surface area contributed by atoms with E-state index in [1.54, 1.807) is 0 Å². The number of nitrogens with zero attached hydrogens (tertiary/aromatic N) is 1. The van der Waals surface area contributed by atoms with Crippen molar-refractivity contribution in [3.05, 3.63) is 82.6 Å². The van der Waals surface area contributed by atoms with Gasteiger partial charge in [-0.3, -0.25) is 0 Å². The molecule has 0 bridgehead atoms. The van der Waals surface area contributed by atoms with Gasteiger partial charge >= 0.3 is 0 Å². The molecule has 4 aliphatic heterocycles. The molecule has 4 aliphatic rings. The molecule has 7 heteroatoms. The monoisotopic (exact) mass is 465 g/mol. The molecule has 0 atom stereocenters. The number of rotatable bonds is 2. The topological polar surface area (TPSA) is 41.9 Å². The molecule has 2 saturated heterocycles. The number of aryl methyl sites for hydroxylation is 1. The van der Waals surface area contributed by atoms with Crippen molar-refractivity contribution in [1.82, 2.24) is 4.57 Å². The summed E-state index contributed by atoms with van der Waals surface area (Å²) in [5.74, 6) is 0. The molecule has 3 aromatic rings. The van der Waals surface area contributed by atoms with Crippen molar-refractivity contribution in [2.24, 2.45) is 7.05 Å².